The molecule has 3 aromatic rings. The second kappa shape index (κ2) is 4.50. The van der Waals surface area contributed by atoms with E-state index in [2.05, 4.69) is 17.1 Å². The van der Waals surface area contributed by atoms with Crippen molar-refractivity contribution < 1.29 is 4.74 Å². The number of fused-ring (bicyclic) bond motifs is 2. The Morgan fingerprint density at radius 2 is 1.90 bits per heavy atom. The van der Waals surface area contributed by atoms with Crippen LogP contribution >= 0.6 is 11.6 Å². The molecular weight excluding hydrogens is 270 g/mol. The summed E-state index contributed by atoms with van der Waals surface area (Å²) in [5, 5.41) is 1.82. The van der Waals surface area contributed by atoms with Gasteiger partial charge in [0.1, 0.15) is 0 Å². The molecule has 0 spiro atoms. The predicted octanol–water partition coefficient (Wildman–Crippen LogP) is 4.49. The largest absolute Gasteiger partial charge is 0.477 e. The van der Waals surface area contributed by atoms with Gasteiger partial charge in [-0.15, -0.1) is 0 Å². The first-order valence-electron chi connectivity index (χ1n) is 6.63. The summed E-state index contributed by atoms with van der Waals surface area (Å²) in [7, 11) is 0. The van der Waals surface area contributed by atoms with Gasteiger partial charge in [-0.05, 0) is 29.3 Å². The molecule has 2 nitrogen and oxygen atoms in total. The van der Waals surface area contributed by atoms with Crippen LogP contribution in [0.2, 0.25) is 5.02 Å². The SMILES string of the molecule is Clc1ccc2nc3c(c(-c4ccccc4)c2c1)CCO3. The number of hydrogen-bond acceptors (Lipinski definition) is 2. The molecule has 0 saturated heterocycles. The zero-order valence-electron chi connectivity index (χ0n) is 10.8. The van der Waals surface area contributed by atoms with Gasteiger partial charge in [0.15, 0.2) is 0 Å². The van der Waals surface area contributed by atoms with E-state index in [1.165, 1.54) is 16.7 Å². The molecular formula is C17H12ClNO. The molecule has 1 aromatic heterocycles. The van der Waals surface area contributed by atoms with Crippen LogP contribution in [0.3, 0.4) is 0 Å². The smallest absolute Gasteiger partial charge is 0.217 e. The molecule has 0 amide bonds. The molecule has 98 valence electrons. The lowest BCUT2D eigenvalue weighted by Gasteiger charge is -2.11. The topological polar surface area (TPSA) is 22.1 Å². The minimum atomic E-state index is 0.701. The molecule has 0 atom stereocenters. The van der Waals surface area contributed by atoms with E-state index in [9.17, 15) is 0 Å². The van der Waals surface area contributed by atoms with E-state index in [1.807, 2.05) is 36.4 Å². The summed E-state index contributed by atoms with van der Waals surface area (Å²) in [5.74, 6) is 0.763. The Balaban J connectivity index is 2.13. The first-order chi connectivity index (χ1) is 9.83. The van der Waals surface area contributed by atoms with Crippen molar-refractivity contribution in [2.24, 2.45) is 0 Å². The Morgan fingerprint density at radius 3 is 2.75 bits per heavy atom. The quantitative estimate of drug-likeness (QED) is 0.656. The van der Waals surface area contributed by atoms with E-state index in [4.69, 9.17) is 16.3 Å². The number of aromatic nitrogens is 1. The number of nitrogens with zero attached hydrogens (tertiary/aromatic N) is 1. The molecule has 0 radical (unpaired) electrons. The zero-order valence-corrected chi connectivity index (χ0v) is 11.5. The third-order valence-corrected chi connectivity index (χ3v) is 3.90. The summed E-state index contributed by atoms with van der Waals surface area (Å²) >= 11 is 6.17. The first kappa shape index (κ1) is 11.7. The number of benzene rings is 2. The average molecular weight is 282 g/mol. The van der Waals surface area contributed by atoms with Crippen molar-refractivity contribution in [3.05, 3.63) is 59.1 Å². The third-order valence-electron chi connectivity index (χ3n) is 3.66. The lowest BCUT2D eigenvalue weighted by molar-refractivity contribution is 0.346. The highest BCUT2D eigenvalue weighted by molar-refractivity contribution is 6.31. The Labute approximate surface area is 122 Å². The maximum absolute atomic E-state index is 6.17. The number of rotatable bonds is 1. The summed E-state index contributed by atoms with van der Waals surface area (Å²) < 4.78 is 5.65. The van der Waals surface area contributed by atoms with E-state index in [0.29, 0.717) is 6.61 Å². The van der Waals surface area contributed by atoms with Crippen LogP contribution in [0.4, 0.5) is 0 Å². The fourth-order valence-corrected chi connectivity index (χ4v) is 2.96. The van der Waals surface area contributed by atoms with Gasteiger partial charge in [-0.3, -0.25) is 0 Å². The highest BCUT2D eigenvalue weighted by atomic mass is 35.5. The summed E-state index contributed by atoms with van der Waals surface area (Å²) in [6, 6.07) is 16.2. The van der Waals surface area contributed by atoms with Gasteiger partial charge in [0.25, 0.3) is 0 Å². The van der Waals surface area contributed by atoms with Gasteiger partial charge in [0, 0.05) is 22.4 Å². The fraction of sp³-hybridized carbons (Fsp3) is 0.118. The molecule has 20 heavy (non-hydrogen) atoms. The Kier molecular flexibility index (Phi) is 2.64. The Bertz CT molecular complexity index is 799. The van der Waals surface area contributed by atoms with Crippen LogP contribution < -0.4 is 4.74 Å². The summed E-state index contributed by atoms with van der Waals surface area (Å²) in [5.41, 5.74) is 4.49. The van der Waals surface area contributed by atoms with Gasteiger partial charge in [0.05, 0.1) is 12.1 Å². The average Bonchev–Trinajstić information content (AvgIpc) is 2.93. The summed E-state index contributed by atoms with van der Waals surface area (Å²) in [6.45, 7) is 0.701. The van der Waals surface area contributed by atoms with Crippen molar-refractivity contribution in [3.8, 4) is 17.0 Å². The number of ether oxygens (including phenoxy) is 1. The van der Waals surface area contributed by atoms with Crippen LogP contribution in [0.15, 0.2) is 48.5 Å². The van der Waals surface area contributed by atoms with E-state index in [0.717, 1.165) is 28.2 Å². The highest BCUT2D eigenvalue weighted by Crippen LogP contribution is 2.39. The van der Waals surface area contributed by atoms with Crippen molar-refractivity contribution in [1.29, 1.82) is 0 Å². The number of halogens is 1. The van der Waals surface area contributed by atoms with Crippen molar-refractivity contribution in [3.63, 3.8) is 0 Å². The molecule has 0 bridgehead atoms. The van der Waals surface area contributed by atoms with E-state index in [1.54, 1.807) is 0 Å². The minimum absolute atomic E-state index is 0.701. The van der Waals surface area contributed by atoms with Gasteiger partial charge < -0.3 is 4.74 Å². The molecule has 0 aliphatic carbocycles. The van der Waals surface area contributed by atoms with Crippen LogP contribution in [0, 0.1) is 0 Å². The van der Waals surface area contributed by atoms with E-state index in [-0.39, 0.29) is 0 Å². The van der Waals surface area contributed by atoms with Crippen molar-refractivity contribution in [1.82, 2.24) is 4.98 Å². The van der Waals surface area contributed by atoms with Gasteiger partial charge in [-0.25, -0.2) is 4.98 Å². The molecule has 1 aliphatic rings. The van der Waals surface area contributed by atoms with Crippen LogP contribution in [-0.2, 0) is 6.42 Å². The van der Waals surface area contributed by atoms with Crippen LogP contribution in [0.25, 0.3) is 22.0 Å². The molecule has 1 aliphatic heterocycles. The fourth-order valence-electron chi connectivity index (χ4n) is 2.79. The summed E-state index contributed by atoms with van der Waals surface area (Å²) in [6.07, 6.45) is 0.898. The highest BCUT2D eigenvalue weighted by Gasteiger charge is 2.21. The van der Waals surface area contributed by atoms with Crippen molar-refractivity contribution >= 4 is 22.5 Å². The molecule has 3 heteroatoms. The van der Waals surface area contributed by atoms with E-state index >= 15 is 0 Å². The van der Waals surface area contributed by atoms with Crippen LogP contribution in [0.1, 0.15) is 5.56 Å². The molecule has 4 rings (SSSR count). The third kappa shape index (κ3) is 1.76. The molecule has 0 saturated carbocycles. The van der Waals surface area contributed by atoms with Gasteiger partial charge >= 0.3 is 0 Å². The van der Waals surface area contributed by atoms with Gasteiger partial charge in [0.2, 0.25) is 5.88 Å². The maximum atomic E-state index is 6.17. The summed E-state index contributed by atoms with van der Waals surface area (Å²) in [4.78, 5) is 4.60. The maximum Gasteiger partial charge on any atom is 0.217 e. The van der Waals surface area contributed by atoms with Crippen LogP contribution in [0.5, 0.6) is 5.88 Å². The Hall–Kier alpha value is -2.06. The lowest BCUT2D eigenvalue weighted by Crippen LogP contribution is -1.92. The normalized spacial score (nSPS) is 13.2. The molecule has 0 fully saturated rings. The molecule has 2 heterocycles. The van der Waals surface area contributed by atoms with Crippen molar-refractivity contribution in [2.45, 2.75) is 6.42 Å². The first-order valence-corrected chi connectivity index (χ1v) is 7.01. The minimum Gasteiger partial charge on any atom is -0.477 e. The monoisotopic (exact) mass is 281 g/mol. The van der Waals surface area contributed by atoms with Crippen molar-refractivity contribution in [2.75, 3.05) is 6.61 Å². The zero-order chi connectivity index (χ0) is 13.5. The van der Waals surface area contributed by atoms with Gasteiger partial charge in [-0.2, -0.15) is 0 Å². The molecule has 0 unspecified atom stereocenters. The molecule has 2 aromatic carbocycles. The van der Waals surface area contributed by atoms with E-state index < -0.39 is 0 Å². The lowest BCUT2D eigenvalue weighted by atomic mass is 9.95. The number of hydrogen-bond donors (Lipinski definition) is 0. The van der Waals surface area contributed by atoms with Gasteiger partial charge in [-0.1, -0.05) is 41.9 Å². The Morgan fingerprint density at radius 1 is 1.05 bits per heavy atom. The standard InChI is InChI=1S/C17H12ClNO/c18-12-6-7-15-14(10-12)16(11-4-2-1-3-5-11)13-8-9-20-17(13)19-15/h1-7,10H,8-9H2. The second-order valence-corrected chi connectivity index (χ2v) is 5.33. The predicted molar refractivity (Wildman–Crippen MR) is 81.4 cm³/mol. The number of pyridine rings is 1. The second-order valence-electron chi connectivity index (χ2n) is 4.90. The molecule has 0 N–H and O–H groups in total. The van der Waals surface area contributed by atoms with Crippen LogP contribution in [-0.4, -0.2) is 11.6 Å².